The molecule has 1 aliphatic heterocycles. The largest absolute Gasteiger partial charge is 0.393 e. The molecule has 1 saturated heterocycles. The minimum absolute atomic E-state index is 0.140. The first-order valence-electron chi connectivity index (χ1n) is 5.57. The molecule has 0 radical (unpaired) electrons. The van der Waals surface area contributed by atoms with E-state index >= 15 is 0 Å². The summed E-state index contributed by atoms with van der Waals surface area (Å²) in [6, 6.07) is 11.8. The number of rotatable bonds is 2. The summed E-state index contributed by atoms with van der Waals surface area (Å²) in [5.74, 6) is 0. The van der Waals surface area contributed by atoms with Crippen molar-refractivity contribution >= 4 is 0 Å². The van der Waals surface area contributed by atoms with E-state index in [-0.39, 0.29) is 6.61 Å². The number of benzene rings is 1. The molecule has 1 aliphatic rings. The molecule has 1 aromatic rings. The quantitative estimate of drug-likeness (QED) is 0.838. The monoisotopic (exact) mass is 232 g/mol. The molecule has 0 aromatic heterocycles. The molecule has 1 heterocycles. The molecule has 1 N–H and O–H groups in total. The Morgan fingerprint density at radius 2 is 2.12 bits per heavy atom. The molecule has 90 valence electrons. The molecule has 2 atom stereocenters. The molecule has 0 bridgehead atoms. The molecule has 2 rings (SSSR count). The van der Waals surface area contributed by atoms with Crippen LogP contribution in [0.2, 0.25) is 0 Å². The van der Waals surface area contributed by atoms with Crippen molar-refractivity contribution in [2.24, 2.45) is 0 Å². The second kappa shape index (κ2) is 4.11. The summed E-state index contributed by atoms with van der Waals surface area (Å²) in [7, 11) is 1.73. The van der Waals surface area contributed by atoms with Crippen molar-refractivity contribution < 1.29 is 9.94 Å². The van der Waals surface area contributed by atoms with Gasteiger partial charge in [-0.15, -0.1) is 0 Å². The van der Waals surface area contributed by atoms with Gasteiger partial charge >= 0.3 is 0 Å². The van der Waals surface area contributed by atoms with Gasteiger partial charge in [0, 0.05) is 13.5 Å². The van der Waals surface area contributed by atoms with E-state index in [0.717, 1.165) is 5.56 Å². The lowest BCUT2D eigenvalue weighted by Crippen LogP contribution is -2.35. The average molecular weight is 232 g/mol. The topological polar surface area (TPSA) is 56.5 Å². The zero-order valence-corrected chi connectivity index (χ0v) is 10.1. The minimum atomic E-state index is -0.805. The van der Waals surface area contributed by atoms with Gasteiger partial charge in [-0.1, -0.05) is 30.3 Å². The van der Waals surface area contributed by atoms with Crippen molar-refractivity contribution in [1.82, 2.24) is 5.06 Å². The molecule has 0 amide bonds. The summed E-state index contributed by atoms with van der Waals surface area (Å²) in [5.41, 5.74) is -0.618. The van der Waals surface area contributed by atoms with Crippen molar-refractivity contribution in [1.29, 1.82) is 5.26 Å². The third kappa shape index (κ3) is 1.83. The molecular weight excluding hydrogens is 216 g/mol. The smallest absolute Gasteiger partial charge is 0.141 e. The van der Waals surface area contributed by atoms with E-state index in [9.17, 15) is 10.4 Å². The van der Waals surface area contributed by atoms with Crippen LogP contribution in [-0.2, 0) is 10.4 Å². The molecular formula is C13H16N2O2. The lowest BCUT2D eigenvalue weighted by Gasteiger charge is -2.26. The van der Waals surface area contributed by atoms with Crippen molar-refractivity contribution in [3.05, 3.63) is 35.9 Å². The van der Waals surface area contributed by atoms with Crippen LogP contribution in [0.5, 0.6) is 0 Å². The zero-order valence-electron chi connectivity index (χ0n) is 10.1. The summed E-state index contributed by atoms with van der Waals surface area (Å²) < 4.78 is 0. The summed E-state index contributed by atoms with van der Waals surface area (Å²) >= 11 is 0. The van der Waals surface area contributed by atoms with Gasteiger partial charge in [-0.2, -0.15) is 10.3 Å². The van der Waals surface area contributed by atoms with Crippen LogP contribution in [0.15, 0.2) is 30.3 Å². The number of nitrogens with zero attached hydrogens (tertiary/aromatic N) is 2. The molecule has 4 heteroatoms. The normalized spacial score (nSPS) is 33.5. The van der Waals surface area contributed by atoms with Gasteiger partial charge in [-0.25, -0.2) is 0 Å². The van der Waals surface area contributed by atoms with Crippen molar-refractivity contribution in [3.63, 3.8) is 0 Å². The summed E-state index contributed by atoms with van der Waals surface area (Å²) in [6.07, 6.45) is 0.452. The predicted molar refractivity (Wildman–Crippen MR) is 62.7 cm³/mol. The number of nitriles is 1. The van der Waals surface area contributed by atoms with Gasteiger partial charge in [0.05, 0.1) is 12.7 Å². The van der Waals surface area contributed by atoms with Gasteiger partial charge in [0.2, 0.25) is 0 Å². The van der Waals surface area contributed by atoms with E-state index in [4.69, 9.17) is 4.84 Å². The number of hydroxylamine groups is 2. The van der Waals surface area contributed by atoms with Gasteiger partial charge < -0.3 is 5.11 Å². The fourth-order valence-corrected chi connectivity index (χ4v) is 2.25. The molecule has 0 saturated carbocycles. The highest BCUT2D eigenvalue weighted by atomic mass is 16.7. The molecule has 0 unspecified atom stereocenters. The Bertz CT molecular complexity index is 442. The Labute approximate surface area is 101 Å². The van der Waals surface area contributed by atoms with E-state index in [1.165, 1.54) is 5.06 Å². The van der Waals surface area contributed by atoms with Crippen LogP contribution in [0, 0.1) is 11.3 Å². The first-order chi connectivity index (χ1) is 8.06. The maximum atomic E-state index is 9.65. The third-order valence-electron chi connectivity index (χ3n) is 3.43. The first kappa shape index (κ1) is 12.1. The summed E-state index contributed by atoms with van der Waals surface area (Å²) in [6.45, 7) is 1.67. The second-order valence-electron chi connectivity index (χ2n) is 4.67. The Morgan fingerprint density at radius 1 is 1.47 bits per heavy atom. The molecule has 0 aliphatic carbocycles. The highest BCUT2D eigenvalue weighted by Crippen LogP contribution is 2.43. The fourth-order valence-electron chi connectivity index (χ4n) is 2.25. The predicted octanol–water partition coefficient (Wildman–Crippen LogP) is 1.42. The van der Waals surface area contributed by atoms with Crippen molar-refractivity contribution in [2.45, 2.75) is 24.5 Å². The zero-order chi connectivity index (χ0) is 12.5. The SMILES string of the molecule is CN1O[C@](CO)(c2ccccc2)C[C@@]1(C)C#N. The lowest BCUT2D eigenvalue weighted by molar-refractivity contribution is -0.212. The molecule has 4 nitrogen and oxygen atoms in total. The van der Waals surface area contributed by atoms with Crippen LogP contribution in [0.3, 0.4) is 0 Å². The molecule has 1 fully saturated rings. The van der Waals surface area contributed by atoms with E-state index in [0.29, 0.717) is 6.42 Å². The maximum Gasteiger partial charge on any atom is 0.141 e. The maximum absolute atomic E-state index is 9.65. The van der Waals surface area contributed by atoms with Crippen LogP contribution in [-0.4, -0.2) is 29.4 Å². The molecule has 1 aromatic carbocycles. The number of aliphatic hydroxyl groups excluding tert-OH is 1. The summed E-state index contributed by atoms with van der Waals surface area (Å²) in [4.78, 5) is 5.75. The van der Waals surface area contributed by atoms with Gasteiger partial charge in [-0.05, 0) is 12.5 Å². The lowest BCUT2D eigenvalue weighted by atomic mass is 9.84. The highest BCUT2D eigenvalue weighted by Gasteiger charge is 2.52. The third-order valence-corrected chi connectivity index (χ3v) is 3.43. The Morgan fingerprint density at radius 3 is 2.59 bits per heavy atom. The van der Waals surface area contributed by atoms with Gasteiger partial charge in [-0.3, -0.25) is 4.84 Å². The van der Waals surface area contributed by atoms with E-state index in [2.05, 4.69) is 6.07 Å². The van der Waals surface area contributed by atoms with Gasteiger partial charge in [0.25, 0.3) is 0 Å². The number of hydrogen-bond acceptors (Lipinski definition) is 4. The van der Waals surface area contributed by atoms with Crippen LogP contribution in [0.25, 0.3) is 0 Å². The van der Waals surface area contributed by atoms with Crippen LogP contribution >= 0.6 is 0 Å². The van der Waals surface area contributed by atoms with Crippen LogP contribution in [0.1, 0.15) is 18.9 Å². The van der Waals surface area contributed by atoms with Crippen LogP contribution in [0.4, 0.5) is 0 Å². The van der Waals surface area contributed by atoms with Crippen LogP contribution < -0.4 is 0 Å². The van der Waals surface area contributed by atoms with Crippen molar-refractivity contribution in [3.8, 4) is 6.07 Å². The Balaban J connectivity index is 2.40. The van der Waals surface area contributed by atoms with E-state index < -0.39 is 11.1 Å². The average Bonchev–Trinajstić information content (AvgIpc) is 2.65. The van der Waals surface area contributed by atoms with Crippen molar-refractivity contribution in [2.75, 3.05) is 13.7 Å². The minimum Gasteiger partial charge on any atom is -0.393 e. The van der Waals surface area contributed by atoms with Gasteiger partial charge in [0.1, 0.15) is 11.1 Å². The Hall–Kier alpha value is -1.41. The Kier molecular flexibility index (Phi) is 2.92. The standard InChI is InChI=1S/C13H16N2O2/c1-12(9-14)8-13(10-16,17-15(12)2)11-6-4-3-5-7-11/h3-7,16H,8,10H2,1-2H3/t12-,13+/m0/s1. The summed E-state index contributed by atoms with van der Waals surface area (Å²) in [5, 5.41) is 20.4. The number of hydrogen-bond donors (Lipinski definition) is 1. The fraction of sp³-hybridized carbons (Fsp3) is 0.462. The second-order valence-corrected chi connectivity index (χ2v) is 4.67. The van der Waals surface area contributed by atoms with E-state index in [1.807, 2.05) is 37.3 Å². The molecule has 0 spiro atoms. The first-order valence-corrected chi connectivity index (χ1v) is 5.57. The number of aliphatic hydroxyl groups is 1. The molecule has 17 heavy (non-hydrogen) atoms. The van der Waals surface area contributed by atoms with E-state index in [1.54, 1.807) is 7.05 Å². The highest BCUT2D eigenvalue weighted by molar-refractivity contribution is 5.27. The van der Waals surface area contributed by atoms with Gasteiger partial charge in [0.15, 0.2) is 0 Å².